The Labute approximate surface area is 157 Å². The summed E-state index contributed by atoms with van der Waals surface area (Å²) in [6.45, 7) is 4.05. The van der Waals surface area contributed by atoms with Crippen molar-refractivity contribution in [3.8, 4) is 0 Å². The molecule has 1 saturated heterocycles. The number of anilines is 2. The number of hydrogen-bond donors (Lipinski definition) is 1. The quantitative estimate of drug-likeness (QED) is 0.725. The second kappa shape index (κ2) is 7.25. The molecule has 6 nitrogen and oxygen atoms in total. The molecule has 0 saturated carbocycles. The summed E-state index contributed by atoms with van der Waals surface area (Å²) in [5, 5.41) is 3.49. The van der Waals surface area contributed by atoms with Gasteiger partial charge in [-0.3, -0.25) is 4.79 Å². The molecule has 2 heterocycles. The van der Waals surface area contributed by atoms with Crippen LogP contribution >= 0.6 is 0 Å². The highest BCUT2D eigenvalue weighted by Crippen LogP contribution is 2.20. The van der Waals surface area contributed by atoms with Gasteiger partial charge in [0.1, 0.15) is 11.1 Å². The smallest absolute Gasteiger partial charge is 0.349 e. The highest BCUT2D eigenvalue weighted by molar-refractivity contribution is 6.05. The monoisotopic (exact) mass is 363 g/mol. The van der Waals surface area contributed by atoms with Gasteiger partial charge in [0, 0.05) is 42.9 Å². The number of amides is 1. The number of nitrogens with zero attached hydrogens (tertiary/aromatic N) is 2. The maximum Gasteiger partial charge on any atom is 0.349 e. The topological polar surface area (TPSA) is 65.8 Å². The lowest BCUT2D eigenvalue weighted by Gasteiger charge is -2.34. The lowest BCUT2D eigenvalue weighted by Crippen LogP contribution is -2.44. The Balaban J connectivity index is 1.50. The van der Waals surface area contributed by atoms with E-state index in [1.54, 1.807) is 24.3 Å². The molecule has 1 aliphatic heterocycles. The Morgan fingerprint density at radius 2 is 1.70 bits per heavy atom. The molecule has 3 aromatic rings. The van der Waals surface area contributed by atoms with Gasteiger partial charge in [0.15, 0.2) is 0 Å². The molecule has 138 valence electrons. The molecule has 0 atom stereocenters. The summed E-state index contributed by atoms with van der Waals surface area (Å²) < 4.78 is 5.23. The molecule has 6 heteroatoms. The fourth-order valence-corrected chi connectivity index (χ4v) is 3.24. The van der Waals surface area contributed by atoms with Crippen molar-refractivity contribution in [3.63, 3.8) is 0 Å². The molecule has 2 aromatic carbocycles. The van der Waals surface area contributed by atoms with Crippen molar-refractivity contribution in [2.24, 2.45) is 0 Å². The van der Waals surface area contributed by atoms with Crippen LogP contribution in [0.5, 0.6) is 0 Å². The largest absolute Gasteiger partial charge is 0.422 e. The van der Waals surface area contributed by atoms with Gasteiger partial charge in [-0.1, -0.05) is 18.2 Å². The van der Waals surface area contributed by atoms with Gasteiger partial charge in [-0.05, 0) is 43.4 Å². The average molecular weight is 363 g/mol. The van der Waals surface area contributed by atoms with Gasteiger partial charge < -0.3 is 19.5 Å². The van der Waals surface area contributed by atoms with E-state index in [0.29, 0.717) is 16.7 Å². The van der Waals surface area contributed by atoms with E-state index < -0.39 is 11.5 Å². The Hall–Kier alpha value is -3.12. The molecule has 0 spiro atoms. The highest BCUT2D eigenvalue weighted by Gasteiger charge is 2.16. The number of nitrogens with one attached hydrogen (secondary N) is 1. The number of fused-ring (bicyclic) bond motifs is 1. The van der Waals surface area contributed by atoms with Crippen LogP contribution in [-0.4, -0.2) is 44.0 Å². The predicted molar refractivity (Wildman–Crippen MR) is 107 cm³/mol. The zero-order valence-corrected chi connectivity index (χ0v) is 15.1. The molecule has 27 heavy (non-hydrogen) atoms. The number of para-hydroxylation sites is 1. The first-order chi connectivity index (χ1) is 13.1. The van der Waals surface area contributed by atoms with Crippen molar-refractivity contribution in [1.29, 1.82) is 0 Å². The van der Waals surface area contributed by atoms with Gasteiger partial charge in [0.05, 0.1) is 0 Å². The molecule has 0 radical (unpaired) electrons. The molecule has 0 aliphatic carbocycles. The Kier molecular flexibility index (Phi) is 4.64. The third-order valence-electron chi connectivity index (χ3n) is 4.88. The van der Waals surface area contributed by atoms with Gasteiger partial charge in [-0.15, -0.1) is 0 Å². The highest BCUT2D eigenvalue weighted by atomic mass is 16.4. The number of hydrogen-bond acceptors (Lipinski definition) is 5. The Morgan fingerprint density at radius 3 is 2.44 bits per heavy atom. The fraction of sp³-hybridized carbons (Fsp3) is 0.238. The van der Waals surface area contributed by atoms with Crippen molar-refractivity contribution in [2.75, 3.05) is 43.4 Å². The number of benzene rings is 2. The molecular weight excluding hydrogens is 342 g/mol. The first-order valence-corrected chi connectivity index (χ1v) is 8.98. The fourth-order valence-electron chi connectivity index (χ4n) is 3.24. The Morgan fingerprint density at radius 1 is 1.00 bits per heavy atom. The van der Waals surface area contributed by atoms with E-state index in [9.17, 15) is 9.59 Å². The standard InChI is InChI=1S/C21H21N3O3/c1-23-10-12-24(13-11-23)17-8-6-16(7-9-17)22-20(25)18-14-15-4-2-3-5-19(15)27-21(18)26/h2-9,14H,10-13H2,1H3,(H,22,25). The van der Waals surface area contributed by atoms with Crippen LogP contribution in [0, 0.1) is 0 Å². The van der Waals surface area contributed by atoms with E-state index in [2.05, 4.69) is 22.2 Å². The van der Waals surface area contributed by atoms with Gasteiger partial charge >= 0.3 is 5.63 Å². The van der Waals surface area contributed by atoms with Crippen molar-refractivity contribution >= 4 is 28.3 Å². The van der Waals surface area contributed by atoms with Crippen molar-refractivity contribution in [1.82, 2.24) is 4.90 Å². The zero-order valence-electron chi connectivity index (χ0n) is 15.1. The van der Waals surface area contributed by atoms with Crippen LogP contribution in [0.15, 0.2) is 63.8 Å². The second-order valence-electron chi connectivity index (χ2n) is 6.78. The molecule has 1 fully saturated rings. The van der Waals surface area contributed by atoms with Crippen LogP contribution in [-0.2, 0) is 0 Å². The average Bonchev–Trinajstić information content (AvgIpc) is 2.68. The van der Waals surface area contributed by atoms with Crippen LogP contribution < -0.4 is 15.8 Å². The maximum atomic E-state index is 12.5. The lowest BCUT2D eigenvalue weighted by molar-refractivity contribution is 0.102. The number of likely N-dealkylation sites (N-methyl/N-ethyl adjacent to an activating group) is 1. The zero-order chi connectivity index (χ0) is 18.8. The Bertz CT molecular complexity index is 1020. The summed E-state index contributed by atoms with van der Waals surface area (Å²) in [6.07, 6.45) is 0. The molecule has 1 aromatic heterocycles. The van der Waals surface area contributed by atoms with Crippen LogP contribution in [0.25, 0.3) is 11.0 Å². The van der Waals surface area contributed by atoms with Crippen LogP contribution in [0.2, 0.25) is 0 Å². The van der Waals surface area contributed by atoms with E-state index in [-0.39, 0.29) is 5.56 Å². The van der Waals surface area contributed by atoms with Crippen molar-refractivity contribution in [2.45, 2.75) is 0 Å². The first-order valence-electron chi connectivity index (χ1n) is 8.98. The number of carbonyl (C=O) groups excluding carboxylic acids is 1. The van der Waals surface area contributed by atoms with Gasteiger partial charge in [0.25, 0.3) is 5.91 Å². The third kappa shape index (κ3) is 3.71. The molecule has 1 aliphatic rings. The van der Waals surface area contributed by atoms with Gasteiger partial charge in [-0.2, -0.15) is 0 Å². The molecule has 1 N–H and O–H groups in total. The molecule has 4 rings (SSSR count). The van der Waals surface area contributed by atoms with Crippen LogP contribution in [0.3, 0.4) is 0 Å². The van der Waals surface area contributed by atoms with Crippen LogP contribution in [0.1, 0.15) is 10.4 Å². The second-order valence-corrected chi connectivity index (χ2v) is 6.78. The van der Waals surface area contributed by atoms with E-state index in [1.165, 1.54) is 0 Å². The lowest BCUT2D eigenvalue weighted by atomic mass is 10.1. The van der Waals surface area contributed by atoms with E-state index in [1.807, 2.05) is 30.3 Å². The van der Waals surface area contributed by atoms with Crippen molar-refractivity contribution < 1.29 is 9.21 Å². The summed E-state index contributed by atoms with van der Waals surface area (Å²) in [4.78, 5) is 29.3. The summed E-state index contributed by atoms with van der Waals surface area (Å²) >= 11 is 0. The van der Waals surface area contributed by atoms with Crippen LogP contribution in [0.4, 0.5) is 11.4 Å². The molecule has 0 unspecified atom stereocenters. The minimum atomic E-state index is -0.639. The number of piperazine rings is 1. The molecular formula is C21H21N3O3. The van der Waals surface area contributed by atoms with Gasteiger partial charge in [0.2, 0.25) is 0 Å². The van der Waals surface area contributed by atoms with E-state index in [4.69, 9.17) is 4.42 Å². The molecule has 1 amide bonds. The normalized spacial score (nSPS) is 15.1. The molecule has 0 bridgehead atoms. The first kappa shape index (κ1) is 17.3. The number of carbonyl (C=O) groups is 1. The summed E-state index contributed by atoms with van der Waals surface area (Å²) in [7, 11) is 2.12. The maximum absolute atomic E-state index is 12.5. The SMILES string of the molecule is CN1CCN(c2ccc(NC(=O)c3cc4ccccc4oc3=O)cc2)CC1. The van der Waals surface area contributed by atoms with E-state index >= 15 is 0 Å². The predicted octanol–water partition coefficient (Wildman–Crippen LogP) is 2.80. The van der Waals surface area contributed by atoms with E-state index in [0.717, 1.165) is 31.9 Å². The third-order valence-corrected chi connectivity index (χ3v) is 4.88. The minimum absolute atomic E-state index is 0.00292. The van der Waals surface area contributed by atoms with Crippen molar-refractivity contribution in [3.05, 3.63) is 70.6 Å². The summed E-state index contributed by atoms with van der Waals surface area (Å²) in [6, 6.07) is 16.4. The number of rotatable bonds is 3. The summed E-state index contributed by atoms with van der Waals surface area (Å²) in [5.74, 6) is -0.471. The van der Waals surface area contributed by atoms with Gasteiger partial charge in [-0.25, -0.2) is 4.79 Å². The minimum Gasteiger partial charge on any atom is -0.422 e. The summed E-state index contributed by atoms with van der Waals surface area (Å²) in [5.41, 5.74) is 1.60.